The monoisotopic (exact) mass is 406 g/mol. The van der Waals surface area contributed by atoms with Crippen molar-refractivity contribution in [1.29, 1.82) is 0 Å². The third-order valence-electron chi connectivity index (χ3n) is 5.44. The number of methoxy groups -OCH3 is 1. The molecular weight excluding hydrogens is 380 g/mol. The molecule has 30 heavy (non-hydrogen) atoms. The van der Waals surface area contributed by atoms with Crippen LogP contribution in [0.3, 0.4) is 0 Å². The number of ether oxygens (including phenoxy) is 2. The quantitative estimate of drug-likeness (QED) is 0.630. The number of hydrogen-bond donors (Lipinski definition) is 0. The Morgan fingerprint density at radius 3 is 2.73 bits per heavy atom. The van der Waals surface area contributed by atoms with Crippen molar-refractivity contribution in [3.05, 3.63) is 70.7 Å². The fourth-order valence-electron chi connectivity index (χ4n) is 3.76. The first-order valence-corrected chi connectivity index (χ1v) is 10.0. The summed E-state index contributed by atoms with van der Waals surface area (Å²) in [6.07, 6.45) is 2.90. The number of aryl methyl sites for hydroxylation is 2. The Balaban J connectivity index is 1.44. The van der Waals surface area contributed by atoms with Gasteiger partial charge in [-0.1, -0.05) is 12.1 Å². The van der Waals surface area contributed by atoms with Crippen molar-refractivity contribution >= 4 is 5.91 Å². The second-order valence-electron chi connectivity index (χ2n) is 7.55. The molecule has 0 radical (unpaired) electrons. The van der Waals surface area contributed by atoms with Crippen molar-refractivity contribution in [2.24, 2.45) is 7.05 Å². The van der Waals surface area contributed by atoms with E-state index in [4.69, 9.17) is 9.47 Å². The van der Waals surface area contributed by atoms with Crippen molar-refractivity contribution in [3.8, 4) is 11.6 Å². The molecule has 7 nitrogen and oxygen atoms in total. The molecule has 1 amide bonds. The van der Waals surface area contributed by atoms with Crippen LogP contribution < -0.4 is 9.47 Å². The lowest BCUT2D eigenvalue weighted by Gasteiger charge is -2.28. The molecule has 0 saturated heterocycles. The second-order valence-corrected chi connectivity index (χ2v) is 7.55. The highest BCUT2D eigenvalue weighted by atomic mass is 16.5. The molecule has 1 aromatic carbocycles. The summed E-state index contributed by atoms with van der Waals surface area (Å²) in [5.74, 6) is 1.48. The van der Waals surface area contributed by atoms with Gasteiger partial charge in [-0.3, -0.25) is 9.48 Å². The summed E-state index contributed by atoms with van der Waals surface area (Å²) in [5.41, 5.74) is 5.18. The van der Waals surface area contributed by atoms with Crippen LogP contribution in [-0.2, 0) is 37.8 Å². The van der Waals surface area contributed by atoms with E-state index in [1.54, 1.807) is 13.3 Å². The smallest absolute Gasteiger partial charge is 0.227 e. The third-order valence-corrected chi connectivity index (χ3v) is 5.44. The Labute approximate surface area is 176 Å². The van der Waals surface area contributed by atoms with Gasteiger partial charge >= 0.3 is 0 Å². The van der Waals surface area contributed by atoms with Gasteiger partial charge in [0.2, 0.25) is 11.8 Å². The van der Waals surface area contributed by atoms with E-state index in [1.165, 1.54) is 5.69 Å². The van der Waals surface area contributed by atoms with Gasteiger partial charge in [0.05, 0.1) is 13.5 Å². The first-order valence-electron chi connectivity index (χ1n) is 10.0. The van der Waals surface area contributed by atoms with E-state index in [9.17, 15) is 4.79 Å². The molecule has 1 aliphatic rings. The fraction of sp³-hybridized carbons (Fsp3) is 0.348. The number of carbonyl (C=O) groups is 1. The molecule has 0 atom stereocenters. The van der Waals surface area contributed by atoms with Gasteiger partial charge < -0.3 is 14.4 Å². The molecular formula is C23H26N4O3. The minimum atomic E-state index is 0.113. The predicted molar refractivity (Wildman–Crippen MR) is 112 cm³/mol. The third kappa shape index (κ3) is 4.30. The highest BCUT2D eigenvalue weighted by molar-refractivity contribution is 5.79. The lowest BCUT2D eigenvalue weighted by molar-refractivity contribution is -0.131. The number of carbonyl (C=O) groups excluding carboxylic acids is 1. The average Bonchev–Trinajstić information content (AvgIpc) is 3.08. The molecule has 0 aliphatic carbocycles. The molecule has 0 spiro atoms. The molecule has 156 valence electrons. The zero-order valence-electron chi connectivity index (χ0n) is 17.6. The number of benzene rings is 1. The van der Waals surface area contributed by atoms with E-state index in [0.29, 0.717) is 32.0 Å². The molecule has 0 bridgehead atoms. The SMILES string of the molecule is COc1ccc(CC(=O)N2CCc3c(c(COc4cc(C)ccn4)nn3C)C2)cc1. The Hall–Kier alpha value is -3.35. The number of amides is 1. The normalized spacial score (nSPS) is 13.1. The summed E-state index contributed by atoms with van der Waals surface area (Å²) in [6.45, 7) is 3.59. The molecule has 2 aromatic heterocycles. The maximum Gasteiger partial charge on any atom is 0.227 e. The summed E-state index contributed by atoms with van der Waals surface area (Å²) in [6, 6.07) is 11.5. The van der Waals surface area contributed by atoms with Crippen molar-refractivity contribution < 1.29 is 14.3 Å². The topological polar surface area (TPSA) is 69.5 Å². The van der Waals surface area contributed by atoms with E-state index < -0.39 is 0 Å². The number of fused-ring (bicyclic) bond motifs is 1. The van der Waals surface area contributed by atoms with Gasteiger partial charge in [-0.05, 0) is 36.2 Å². The molecule has 3 aromatic rings. The van der Waals surface area contributed by atoms with Gasteiger partial charge in [-0.25, -0.2) is 4.98 Å². The first kappa shape index (κ1) is 19.9. The summed E-state index contributed by atoms with van der Waals surface area (Å²) in [4.78, 5) is 19.0. The van der Waals surface area contributed by atoms with E-state index >= 15 is 0 Å². The molecule has 3 heterocycles. The summed E-state index contributed by atoms with van der Waals surface area (Å²) in [5, 5.41) is 4.64. The van der Waals surface area contributed by atoms with Crippen LogP contribution in [0.5, 0.6) is 11.6 Å². The van der Waals surface area contributed by atoms with Crippen LogP contribution >= 0.6 is 0 Å². The number of nitrogens with zero attached hydrogens (tertiary/aromatic N) is 4. The molecule has 0 fully saturated rings. The first-order chi connectivity index (χ1) is 14.5. The van der Waals surface area contributed by atoms with Gasteiger partial charge in [0.1, 0.15) is 18.1 Å². The molecule has 0 unspecified atom stereocenters. The van der Waals surface area contributed by atoms with Crippen LogP contribution in [0.2, 0.25) is 0 Å². The van der Waals surface area contributed by atoms with Crippen LogP contribution in [0.15, 0.2) is 42.6 Å². The standard InChI is InChI=1S/C23H26N4O3/c1-16-8-10-24-22(12-16)30-15-20-19-14-27(11-9-21(19)26(2)25-20)23(28)13-17-4-6-18(29-3)7-5-17/h4-8,10,12H,9,11,13-15H2,1-3H3. The number of hydrogen-bond acceptors (Lipinski definition) is 5. The summed E-state index contributed by atoms with van der Waals surface area (Å²) in [7, 11) is 3.58. The Bertz CT molecular complexity index is 1040. The van der Waals surface area contributed by atoms with Crippen molar-refractivity contribution in [1.82, 2.24) is 19.7 Å². The minimum absolute atomic E-state index is 0.113. The summed E-state index contributed by atoms with van der Waals surface area (Å²) >= 11 is 0. The number of rotatable bonds is 6. The lowest BCUT2D eigenvalue weighted by Crippen LogP contribution is -2.37. The zero-order valence-corrected chi connectivity index (χ0v) is 17.6. The predicted octanol–water partition coefficient (Wildman–Crippen LogP) is 2.84. The van der Waals surface area contributed by atoms with Crippen LogP contribution in [0.1, 0.15) is 28.1 Å². The van der Waals surface area contributed by atoms with Crippen LogP contribution in [0.4, 0.5) is 0 Å². The average molecular weight is 406 g/mol. The Morgan fingerprint density at radius 2 is 2.00 bits per heavy atom. The lowest BCUT2D eigenvalue weighted by atomic mass is 10.0. The largest absolute Gasteiger partial charge is 0.497 e. The van der Waals surface area contributed by atoms with E-state index in [1.807, 2.05) is 60.0 Å². The summed E-state index contributed by atoms with van der Waals surface area (Å²) < 4.78 is 13.0. The highest BCUT2D eigenvalue weighted by Gasteiger charge is 2.27. The van der Waals surface area contributed by atoms with Crippen LogP contribution in [0.25, 0.3) is 0 Å². The molecule has 0 saturated carbocycles. The Kier molecular flexibility index (Phi) is 5.70. The maximum atomic E-state index is 12.9. The Morgan fingerprint density at radius 1 is 1.20 bits per heavy atom. The minimum Gasteiger partial charge on any atom is -0.497 e. The van der Waals surface area contributed by atoms with Crippen molar-refractivity contribution in [3.63, 3.8) is 0 Å². The molecule has 1 aliphatic heterocycles. The molecule has 4 rings (SSSR count). The molecule has 7 heteroatoms. The number of pyridine rings is 1. The van der Waals surface area contributed by atoms with Gasteiger partial charge in [0.25, 0.3) is 0 Å². The maximum absolute atomic E-state index is 12.9. The second kappa shape index (κ2) is 8.57. The van der Waals surface area contributed by atoms with Gasteiger partial charge in [-0.2, -0.15) is 5.10 Å². The van der Waals surface area contributed by atoms with Crippen molar-refractivity contribution in [2.45, 2.75) is 32.9 Å². The van der Waals surface area contributed by atoms with Gasteiger partial charge in [-0.15, -0.1) is 0 Å². The zero-order chi connectivity index (χ0) is 21.1. The molecule has 0 N–H and O–H groups in total. The van der Waals surface area contributed by atoms with E-state index in [0.717, 1.165) is 34.6 Å². The fourth-order valence-corrected chi connectivity index (χ4v) is 3.76. The van der Waals surface area contributed by atoms with Crippen LogP contribution in [-0.4, -0.2) is 39.2 Å². The van der Waals surface area contributed by atoms with Crippen LogP contribution in [0, 0.1) is 6.92 Å². The van der Waals surface area contributed by atoms with E-state index in [-0.39, 0.29) is 5.91 Å². The van der Waals surface area contributed by atoms with Gasteiger partial charge in [0, 0.05) is 50.1 Å². The van der Waals surface area contributed by atoms with Gasteiger partial charge in [0.15, 0.2) is 0 Å². The van der Waals surface area contributed by atoms with E-state index in [2.05, 4.69) is 10.1 Å². The van der Waals surface area contributed by atoms with Crippen molar-refractivity contribution in [2.75, 3.05) is 13.7 Å². The number of aromatic nitrogens is 3. The highest BCUT2D eigenvalue weighted by Crippen LogP contribution is 2.24.